The van der Waals surface area contributed by atoms with Gasteiger partial charge in [-0.25, -0.2) is 0 Å². The molecule has 148 valence electrons. The Bertz CT molecular complexity index is 513. The molecule has 0 aliphatic carbocycles. The van der Waals surface area contributed by atoms with Crippen LogP contribution in [0.1, 0.15) is 32.6 Å². The Hall–Kier alpha value is -1.34. The van der Waals surface area contributed by atoms with Crippen LogP contribution in [-0.2, 0) is 14.3 Å². The molecule has 0 aromatic heterocycles. The van der Waals surface area contributed by atoms with Gasteiger partial charge >= 0.3 is 5.97 Å². The van der Waals surface area contributed by atoms with Crippen LogP contribution in [0.4, 0.5) is 0 Å². The highest BCUT2D eigenvalue weighted by molar-refractivity contribution is 5.82. The first-order valence-corrected chi connectivity index (χ1v) is 9.96. The molecule has 2 atom stereocenters. The quantitative estimate of drug-likeness (QED) is 0.454. The van der Waals surface area contributed by atoms with Crippen LogP contribution < -0.4 is 5.32 Å². The molecule has 3 rings (SSSR count). The average molecular weight is 367 g/mol. The maximum Gasteiger partial charge on any atom is 0.310 e. The normalized spacial score (nSPS) is 29.8. The number of hydrogen-bond acceptors (Lipinski definition) is 5. The molecule has 3 heterocycles. The number of aliphatic imine (C=N–C) groups is 1. The summed E-state index contributed by atoms with van der Waals surface area (Å²) < 4.78 is 10.6. The van der Waals surface area contributed by atoms with Gasteiger partial charge in [-0.15, -0.1) is 0 Å². The second kappa shape index (κ2) is 8.57. The van der Waals surface area contributed by atoms with Gasteiger partial charge in [0.15, 0.2) is 5.96 Å². The van der Waals surface area contributed by atoms with Crippen molar-refractivity contribution in [3.05, 3.63) is 0 Å². The summed E-state index contributed by atoms with van der Waals surface area (Å²) in [5, 5.41) is 3.62. The molecule has 0 radical (unpaired) electrons. The Morgan fingerprint density at radius 1 is 1.27 bits per heavy atom. The molecule has 3 saturated heterocycles. The zero-order chi connectivity index (χ0) is 18.6. The van der Waals surface area contributed by atoms with Crippen LogP contribution in [0.3, 0.4) is 0 Å². The van der Waals surface area contributed by atoms with Crippen LogP contribution >= 0.6 is 0 Å². The standard InChI is InChI=1S/C19H34N4O3/c1-15-12-22(13-16(15)17(24)25-3)18(20-2)21-14-19(6-10-26-11-7-19)23-8-4-5-9-23/h15-16H,4-14H2,1-3H3,(H,20,21). The molecule has 0 amide bonds. The molecule has 0 bridgehead atoms. The Labute approximate surface area is 157 Å². The maximum absolute atomic E-state index is 12.0. The molecule has 3 aliphatic rings. The zero-order valence-electron chi connectivity index (χ0n) is 16.5. The lowest BCUT2D eigenvalue weighted by Gasteiger charge is -2.45. The van der Waals surface area contributed by atoms with Gasteiger partial charge in [-0.05, 0) is 44.7 Å². The predicted octanol–water partition coefficient (Wildman–Crippen LogP) is 0.948. The highest BCUT2D eigenvalue weighted by atomic mass is 16.5. The van der Waals surface area contributed by atoms with Crippen LogP contribution in [0.5, 0.6) is 0 Å². The molecule has 26 heavy (non-hydrogen) atoms. The van der Waals surface area contributed by atoms with Crippen molar-refractivity contribution in [3.63, 3.8) is 0 Å². The van der Waals surface area contributed by atoms with E-state index in [-0.39, 0.29) is 23.3 Å². The smallest absolute Gasteiger partial charge is 0.310 e. The monoisotopic (exact) mass is 366 g/mol. The lowest BCUT2D eigenvalue weighted by Crippen LogP contribution is -2.58. The number of methoxy groups -OCH3 is 1. The van der Waals surface area contributed by atoms with Crippen LogP contribution in [0.2, 0.25) is 0 Å². The minimum atomic E-state index is -0.117. The molecular formula is C19H34N4O3. The zero-order valence-corrected chi connectivity index (χ0v) is 16.5. The summed E-state index contributed by atoms with van der Waals surface area (Å²) in [5.41, 5.74) is 0.164. The second-order valence-electron chi connectivity index (χ2n) is 7.94. The Kier molecular flexibility index (Phi) is 6.40. The summed E-state index contributed by atoms with van der Waals surface area (Å²) in [6.07, 6.45) is 4.72. The third-order valence-corrected chi connectivity index (χ3v) is 6.40. The van der Waals surface area contributed by atoms with Crippen LogP contribution in [-0.4, -0.2) is 87.4 Å². The van der Waals surface area contributed by atoms with E-state index in [1.807, 2.05) is 7.05 Å². The summed E-state index contributed by atoms with van der Waals surface area (Å²) in [7, 11) is 3.29. The third kappa shape index (κ3) is 3.98. The van der Waals surface area contributed by atoms with E-state index in [1.54, 1.807) is 0 Å². The number of carbonyl (C=O) groups is 1. The van der Waals surface area contributed by atoms with Crippen molar-refractivity contribution < 1.29 is 14.3 Å². The molecule has 3 fully saturated rings. The van der Waals surface area contributed by atoms with E-state index >= 15 is 0 Å². The van der Waals surface area contributed by atoms with Crippen molar-refractivity contribution >= 4 is 11.9 Å². The van der Waals surface area contributed by atoms with Gasteiger partial charge in [-0.1, -0.05) is 6.92 Å². The van der Waals surface area contributed by atoms with Gasteiger partial charge in [-0.3, -0.25) is 14.7 Å². The molecule has 0 spiro atoms. The lowest BCUT2D eigenvalue weighted by molar-refractivity contribution is -0.145. The molecule has 1 N–H and O–H groups in total. The Morgan fingerprint density at radius 3 is 2.58 bits per heavy atom. The summed E-state index contributed by atoms with van der Waals surface area (Å²) in [6, 6.07) is 0. The molecule has 0 saturated carbocycles. The topological polar surface area (TPSA) is 66.4 Å². The summed E-state index contributed by atoms with van der Waals surface area (Å²) in [6.45, 7) is 8.54. The van der Waals surface area contributed by atoms with E-state index in [0.29, 0.717) is 6.54 Å². The predicted molar refractivity (Wildman–Crippen MR) is 101 cm³/mol. The first-order valence-electron chi connectivity index (χ1n) is 9.96. The highest BCUT2D eigenvalue weighted by Gasteiger charge is 2.41. The van der Waals surface area contributed by atoms with E-state index in [1.165, 1.54) is 33.0 Å². The number of nitrogens with zero attached hydrogens (tertiary/aromatic N) is 3. The fourth-order valence-corrected chi connectivity index (χ4v) is 4.72. The van der Waals surface area contributed by atoms with Crippen molar-refractivity contribution in [3.8, 4) is 0 Å². The van der Waals surface area contributed by atoms with Gasteiger partial charge < -0.3 is 19.7 Å². The summed E-state index contributed by atoms with van der Waals surface area (Å²) in [5.74, 6) is 0.979. The average Bonchev–Trinajstić information content (AvgIpc) is 3.33. The van der Waals surface area contributed by atoms with Crippen LogP contribution in [0, 0.1) is 11.8 Å². The van der Waals surface area contributed by atoms with Gasteiger partial charge in [-0.2, -0.15) is 0 Å². The van der Waals surface area contributed by atoms with E-state index in [2.05, 4.69) is 27.0 Å². The van der Waals surface area contributed by atoms with Crippen molar-refractivity contribution in [2.45, 2.75) is 38.1 Å². The molecule has 7 nitrogen and oxygen atoms in total. The van der Waals surface area contributed by atoms with Gasteiger partial charge in [0, 0.05) is 45.4 Å². The van der Waals surface area contributed by atoms with E-state index < -0.39 is 0 Å². The summed E-state index contributed by atoms with van der Waals surface area (Å²) >= 11 is 0. The summed E-state index contributed by atoms with van der Waals surface area (Å²) in [4.78, 5) is 21.3. The number of likely N-dealkylation sites (tertiary alicyclic amines) is 2. The number of guanidine groups is 1. The lowest BCUT2D eigenvalue weighted by atomic mass is 9.88. The number of ether oxygens (including phenoxy) is 2. The fourth-order valence-electron chi connectivity index (χ4n) is 4.72. The maximum atomic E-state index is 12.0. The number of hydrogen-bond donors (Lipinski definition) is 1. The van der Waals surface area contributed by atoms with Crippen molar-refractivity contribution in [1.29, 1.82) is 0 Å². The van der Waals surface area contributed by atoms with Crippen LogP contribution in [0.25, 0.3) is 0 Å². The second-order valence-corrected chi connectivity index (χ2v) is 7.94. The Balaban J connectivity index is 1.63. The first kappa shape index (κ1) is 19.4. The number of esters is 1. The number of nitrogens with one attached hydrogen (secondary N) is 1. The number of carbonyl (C=O) groups excluding carboxylic acids is 1. The van der Waals surface area contributed by atoms with Crippen molar-refractivity contribution in [1.82, 2.24) is 15.1 Å². The molecule has 3 aliphatic heterocycles. The van der Waals surface area contributed by atoms with Crippen LogP contribution in [0.15, 0.2) is 4.99 Å². The molecular weight excluding hydrogens is 332 g/mol. The minimum absolute atomic E-state index is 0.0748. The van der Waals surface area contributed by atoms with E-state index in [4.69, 9.17) is 9.47 Å². The molecule has 2 unspecified atom stereocenters. The largest absolute Gasteiger partial charge is 0.469 e. The third-order valence-electron chi connectivity index (χ3n) is 6.40. The van der Waals surface area contributed by atoms with Gasteiger partial charge in [0.1, 0.15) is 0 Å². The number of rotatable bonds is 4. The van der Waals surface area contributed by atoms with E-state index in [0.717, 1.165) is 45.1 Å². The highest BCUT2D eigenvalue weighted by Crippen LogP contribution is 2.31. The Morgan fingerprint density at radius 2 is 1.96 bits per heavy atom. The van der Waals surface area contributed by atoms with Gasteiger partial charge in [0.05, 0.1) is 13.0 Å². The fraction of sp³-hybridized carbons (Fsp3) is 0.895. The molecule has 0 aromatic carbocycles. The van der Waals surface area contributed by atoms with Gasteiger partial charge in [0.2, 0.25) is 0 Å². The first-order chi connectivity index (χ1) is 12.6. The minimum Gasteiger partial charge on any atom is -0.469 e. The molecule has 7 heteroatoms. The van der Waals surface area contributed by atoms with Crippen molar-refractivity contribution in [2.24, 2.45) is 16.8 Å². The SMILES string of the molecule is CN=C(NCC1(N2CCCC2)CCOCC1)N1CC(C)C(C(=O)OC)C1. The molecule has 0 aromatic rings. The van der Waals surface area contributed by atoms with E-state index in [9.17, 15) is 4.79 Å². The van der Waals surface area contributed by atoms with Gasteiger partial charge in [0.25, 0.3) is 0 Å². The van der Waals surface area contributed by atoms with Crippen molar-refractivity contribution in [2.75, 3.05) is 60.1 Å².